The van der Waals surface area contributed by atoms with E-state index in [2.05, 4.69) is 20.4 Å². The predicted octanol–water partition coefficient (Wildman–Crippen LogP) is 2.59. The first-order valence-electron chi connectivity index (χ1n) is 7.75. The van der Waals surface area contributed by atoms with Crippen molar-refractivity contribution in [2.24, 2.45) is 0 Å². The second-order valence-corrected chi connectivity index (χ2v) is 4.97. The summed E-state index contributed by atoms with van der Waals surface area (Å²) < 4.78 is 10.4. The maximum absolute atomic E-state index is 12.3. The van der Waals surface area contributed by atoms with Crippen LogP contribution in [0.1, 0.15) is 24.3 Å². The fourth-order valence-electron chi connectivity index (χ4n) is 2.27. The van der Waals surface area contributed by atoms with Crippen molar-refractivity contribution in [3.63, 3.8) is 0 Å². The van der Waals surface area contributed by atoms with Gasteiger partial charge in [-0.15, -0.1) is 10.2 Å². The molecule has 0 radical (unpaired) electrons. The topological polar surface area (TPSA) is 76.6 Å². The fourth-order valence-corrected chi connectivity index (χ4v) is 2.27. The van der Waals surface area contributed by atoms with Gasteiger partial charge in [0.05, 0.1) is 14.2 Å². The number of nitrogens with zero attached hydrogens (tertiary/aromatic N) is 3. The van der Waals surface area contributed by atoms with E-state index in [9.17, 15) is 4.79 Å². The van der Waals surface area contributed by atoms with Gasteiger partial charge in [0, 0.05) is 24.8 Å². The van der Waals surface area contributed by atoms with Crippen LogP contribution in [0.25, 0.3) is 0 Å². The molecule has 1 heterocycles. The van der Waals surface area contributed by atoms with Crippen molar-refractivity contribution in [2.45, 2.75) is 13.8 Å². The lowest BCUT2D eigenvalue weighted by atomic mass is 10.2. The van der Waals surface area contributed by atoms with E-state index < -0.39 is 0 Å². The van der Waals surface area contributed by atoms with Gasteiger partial charge in [-0.25, -0.2) is 0 Å². The Bertz CT molecular complexity index is 685. The highest BCUT2D eigenvalue weighted by molar-refractivity contribution is 6.02. The van der Waals surface area contributed by atoms with Crippen LogP contribution >= 0.6 is 0 Å². The normalized spacial score (nSPS) is 10.2. The standard InChI is InChI=1S/C17H22N4O3/c1-5-21(6-2)16-10-8-13(19-20-16)17(22)18-12-7-9-14(23-3)15(11-12)24-4/h7-11H,5-6H2,1-4H3,(H,18,22). The van der Waals surface area contributed by atoms with Gasteiger partial charge in [0.15, 0.2) is 23.0 Å². The molecule has 7 nitrogen and oxygen atoms in total. The van der Waals surface area contributed by atoms with Crippen molar-refractivity contribution in [1.29, 1.82) is 0 Å². The number of amides is 1. The number of ether oxygens (including phenoxy) is 2. The fraction of sp³-hybridized carbons (Fsp3) is 0.353. The number of nitrogens with one attached hydrogen (secondary N) is 1. The summed E-state index contributed by atoms with van der Waals surface area (Å²) in [5, 5.41) is 10.9. The molecule has 0 unspecified atom stereocenters. The van der Waals surface area contributed by atoms with E-state index >= 15 is 0 Å². The number of hydrogen-bond donors (Lipinski definition) is 1. The third-order valence-electron chi connectivity index (χ3n) is 3.61. The number of carbonyl (C=O) groups excluding carboxylic acids is 1. The molecule has 2 rings (SSSR count). The zero-order valence-corrected chi connectivity index (χ0v) is 14.4. The van der Waals surface area contributed by atoms with Gasteiger partial charge < -0.3 is 19.7 Å². The van der Waals surface area contributed by atoms with Gasteiger partial charge in [0.25, 0.3) is 5.91 Å². The SMILES string of the molecule is CCN(CC)c1ccc(C(=O)Nc2ccc(OC)c(OC)c2)nn1. The molecule has 0 saturated carbocycles. The van der Waals surface area contributed by atoms with Gasteiger partial charge in [0.1, 0.15) is 0 Å². The Labute approximate surface area is 141 Å². The Balaban J connectivity index is 2.12. The molecule has 1 amide bonds. The Morgan fingerprint density at radius 1 is 1.04 bits per heavy atom. The molecule has 1 aromatic heterocycles. The summed E-state index contributed by atoms with van der Waals surface area (Å²) in [4.78, 5) is 14.3. The van der Waals surface area contributed by atoms with Gasteiger partial charge in [-0.1, -0.05) is 0 Å². The van der Waals surface area contributed by atoms with Crippen molar-refractivity contribution in [3.8, 4) is 11.5 Å². The molecule has 2 aromatic rings. The van der Waals surface area contributed by atoms with Crippen molar-refractivity contribution in [3.05, 3.63) is 36.0 Å². The van der Waals surface area contributed by atoms with Gasteiger partial charge >= 0.3 is 0 Å². The molecule has 0 spiro atoms. The second kappa shape index (κ2) is 8.14. The van der Waals surface area contributed by atoms with Crippen LogP contribution in [0.4, 0.5) is 11.5 Å². The summed E-state index contributed by atoms with van der Waals surface area (Å²) >= 11 is 0. The molecule has 7 heteroatoms. The number of rotatable bonds is 7. The lowest BCUT2D eigenvalue weighted by Crippen LogP contribution is -2.24. The van der Waals surface area contributed by atoms with Crippen LogP contribution in [0.5, 0.6) is 11.5 Å². The molecule has 0 saturated heterocycles. The van der Waals surface area contributed by atoms with Crippen molar-refractivity contribution < 1.29 is 14.3 Å². The van der Waals surface area contributed by atoms with Crippen LogP contribution in [0, 0.1) is 0 Å². The van der Waals surface area contributed by atoms with Crippen LogP contribution in [-0.2, 0) is 0 Å². The number of benzene rings is 1. The molecule has 0 aliphatic heterocycles. The second-order valence-electron chi connectivity index (χ2n) is 4.97. The number of aromatic nitrogens is 2. The third-order valence-corrected chi connectivity index (χ3v) is 3.61. The molecule has 0 aliphatic carbocycles. The van der Waals surface area contributed by atoms with E-state index in [0.29, 0.717) is 17.2 Å². The molecule has 1 aromatic carbocycles. The zero-order valence-electron chi connectivity index (χ0n) is 14.4. The molecule has 0 aliphatic rings. The quantitative estimate of drug-likeness (QED) is 0.841. The Morgan fingerprint density at radius 2 is 1.75 bits per heavy atom. The minimum Gasteiger partial charge on any atom is -0.493 e. The van der Waals surface area contributed by atoms with E-state index in [-0.39, 0.29) is 11.6 Å². The van der Waals surface area contributed by atoms with Gasteiger partial charge in [-0.05, 0) is 38.1 Å². The maximum Gasteiger partial charge on any atom is 0.276 e. The van der Waals surface area contributed by atoms with Crippen molar-refractivity contribution >= 4 is 17.4 Å². The predicted molar refractivity (Wildman–Crippen MR) is 93.1 cm³/mol. The van der Waals surface area contributed by atoms with Crippen LogP contribution in [0.3, 0.4) is 0 Å². The monoisotopic (exact) mass is 330 g/mol. The van der Waals surface area contributed by atoms with Crippen molar-refractivity contribution in [1.82, 2.24) is 10.2 Å². The molecular formula is C17H22N4O3. The highest BCUT2D eigenvalue weighted by atomic mass is 16.5. The van der Waals surface area contributed by atoms with E-state index in [1.807, 2.05) is 13.8 Å². The van der Waals surface area contributed by atoms with Crippen LogP contribution in [0.15, 0.2) is 30.3 Å². The first-order chi connectivity index (χ1) is 11.6. The smallest absolute Gasteiger partial charge is 0.276 e. The van der Waals surface area contributed by atoms with E-state index in [4.69, 9.17) is 9.47 Å². The summed E-state index contributed by atoms with van der Waals surface area (Å²) in [5.41, 5.74) is 0.841. The molecule has 128 valence electrons. The lowest BCUT2D eigenvalue weighted by Gasteiger charge is -2.18. The summed E-state index contributed by atoms with van der Waals surface area (Å²) in [6.45, 7) is 5.76. The highest BCUT2D eigenvalue weighted by Crippen LogP contribution is 2.29. The molecule has 0 bridgehead atoms. The molecule has 0 fully saturated rings. The van der Waals surface area contributed by atoms with Crippen LogP contribution in [0.2, 0.25) is 0 Å². The lowest BCUT2D eigenvalue weighted by molar-refractivity contribution is 0.102. The summed E-state index contributed by atoms with van der Waals surface area (Å²) in [7, 11) is 3.10. The summed E-state index contributed by atoms with van der Waals surface area (Å²) in [5.74, 6) is 1.56. The summed E-state index contributed by atoms with van der Waals surface area (Å²) in [6.07, 6.45) is 0. The summed E-state index contributed by atoms with van der Waals surface area (Å²) in [6, 6.07) is 8.61. The Morgan fingerprint density at radius 3 is 2.29 bits per heavy atom. The number of carbonyl (C=O) groups is 1. The van der Waals surface area contributed by atoms with Gasteiger partial charge in [-0.2, -0.15) is 0 Å². The number of hydrogen-bond acceptors (Lipinski definition) is 6. The Hall–Kier alpha value is -2.83. The van der Waals surface area contributed by atoms with E-state index in [1.54, 1.807) is 44.6 Å². The largest absolute Gasteiger partial charge is 0.493 e. The number of methoxy groups -OCH3 is 2. The average molecular weight is 330 g/mol. The average Bonchev–Trinajstić information content (AvgIpc) is 2.63. The van der Waals surface area contributed by atoms with Crippen molar-refractivity contribution in [2.75, 3.05) is 37.5 Å². The van der Waals surface area contributed by atoms with Crippen LogP contribution in [-0.4, -0.2) is 43.4 Å². The Kier molecular flexibility index (Phi) is 5.95. The molecule has 24 heavy (non-hydrogen) atoms. The van der Waals surface area contributed by atoms with E-state index in [0.717, 1.165) is 18.9 Å². The van der Waals surface area contributed by atoms with Gasteiger partial charge in [0.2, 0.25) is 0 Å². The molecule has 1 N–H and O–H groups in total. The van der Waals surface area contributed by atoms with E-state index in [1.165, 1.54) is 0 Å². The third kappa shape index (κ3) is 3.92. The minimum atomic E-state index is -0.333. The first kappa shape index (κ1) is 17.5. The maximum atomic E-state index is 12.3. The molecule has 0 atom stereocenters. The van der Waals surface area contributed by atoms with Crippen LogP contribution < -0.4 is 19.7 Å². The van der Waals surface area contributed by atoms with Gasteiger partial charge in [-0.3, -0.25) is 4.79 Å². The molecular weight excluding hydrogens is 308 g/mol. The minimum absolute atomic E-state index is 0.251. The first-order valence-corrected chi connectivity index (χ1v) is 7.75. The zero-order chi connectivity index (χ0) is 17.5. The number of anilines is 2. The highest BCUT2D eigenvalue weighted by Gasteiger charge is 2.12.